The summed E-state index contributed by atoms with van der Waals surface area (Å²) in [6, 6.07) is 7.43. The van der Waals surface area contributed by atoms with Crippen LogP contribution in [-0.2, 0) is 9.36 Å². The van der Waals surface area contributed by atoms with Crippen LogP contribution in [0, 0.1) is 0 Å². The average molecular weight is 269 g/mol. The van der Waals surface area contributed by atoms with Crippen LogP contribution in [0.5, 0.6) is 0 Å². The Balaban J connectivity index is 2.46. The van der Waals surface area contributed by atoms with Gasteiger partial charge in [0.25, 0.3) is 0 Å². The Kier molecular flexibility index (Phi) is 3.37. The molecule has 0 N–H and O–H groups in total. The number of amides is 1. The number of carbonyl (C=O) groups is 1. The van der Waals surface area contributed by atoms with Crippen molar-refractivity contribution in [3.63, 3.8) is 0 Å². The monoisotopic (exact) mass is 269 g/mol. The van der Waals surface area contributed by atoms with E-state index in [2.05, 4.69) is 12.6 Å². The number of thiol groups is 1. The van der Waals surface area contributed by atoms with Gasteiger partial charge in [0.15, 0.2) is 0 Å². The molecular formula is C12H16NO2PS. The largest absolute Gasteiger partial charge is 0.319 e. The van der Waals surface area contributed by atoms with Gasteiger partial charge in [-0.25, -0.2) is 0 Å². The summed E-state index contributed by atoms with van der Waals surface area (Å²) in [5, 5.41) is 0.847. The number of benzene rings is 1. The second-order valence-electron chi connectivity index (χ2n) is 4.70. The van der Waals surface area contributed by atoms with Gasteiger partial charge in [0.05, 0.1) is 5.69 Å². The van der Waals surface area contributed by atoms with E-state index < -0.39 is 7.14 Å². The van der Waals surface area contributed by atoms with Crippen molar-refractivity contribution in [1.82, 2.24) is 0 Å². The smallest absolute Gasteiger partial charge is 0.228 e. The Labute approximate surface area is 107 Å². The van der Waals surface area contributed by atoms with Crippen LogP contribution < -0.4 is 10.2 Å². The summed E-state index contributed by atoms with van der Waals surface area (Å²) < 4.78 is 12.2. The predicted molar refractivity (Wildman–Crippen MR) is 75.3 cm³/mol. The Bertz CT molecular complexity index is 497. The second kappa shape index (κ2) is 4.51. The van der Waals surface area contributed by atoms with Gasteiger partial charge in [0.1, 0.15) is 7.14 Å². The van der Waals surface area contributed by atoms with Gasteiger partial charge in [0.2, 0.25) is 5.91 Å². The Morgan fingerprint density at radius 3 is 2.53 bits per heavy atom. The maximum absolute atomic E-state index is 12.2. The molecule has 3 nitrogen and oxygen atoms in total. The highest BCUT2D eigenvalue weighted by Gasteiger charge is 2.31. The minimum atomic E-state index is -2.37. The quantitative estimate of drug-likeness (QED) is 0.658. The minimum Gasteiger partial charge on any atom is -0.319 e. The standard InChI is InChI=1S/C12H16NO2PS/c1-16(2,15)11-6-4-3-5-10(11)13-8-9(17)7-12(13)14/h3-6,9,17H,7-8H2,1-2H3. The van der Waals surface area contributed by atoms with Crippen molar-refractivity contribution >= 4 is 36.7 Å². The van der Waals surface area contributed by atoms with E-state index in [0.29, 0.717) is 13.0 Å². The first-order valence-electron chi connectivity index (χ1n) is 5.52. The molecule has 1 unspecified atom stereocenters. The van der Waals surface area contributed by atoms with Gasteiger partial charge in [0, 0.05) is 23.5 Å². The van der Waals surface area contributed by atoms with Crippen molar-refractivity contribution < 1.29 is 9.36 Å². The highest BCUT2D eigenvalue weighted by molar-refractivity contribution is 7.81. The molecule has 0 spiro atoms. The molecule has 1 aliphatic heterocycles. The molecule has 5 heteroatoms. The van der Waals surface area contributed by atoms with E-state index in [1.807, 2.05) is 24.3 Å². The van der Waals surface area contributed by atoms with Crippen LogP contribution in [0.15, 0.2) is 24.3 Å². The van der Waals surface area contributed by atoms with Gasteiger partial charge < -0.3 is 9.46 Å². The fourth-order valence-corrected chi connectivity index (χ4v) is 3.58. The van der Waals surface area contributed by atoms with Crippen molar-refractivity contribution in [2.45, 2.75) is 11.7 Å². The molecule has 1 amide bonds. The number of anilines is 1. The van der Waals surface area contributed by atoms with E-state index >= 15 is 0 Å². The normalized spacial score (nSPS) is 21.0. The number of hydrogen-bond donors (Lipinski definition) is 1. The van der Waals surface area contributed by atoms with Crippen LogP contribution in [0.3, 0.4) is 0 Å². The van der Waals surface area contributed by atoms with E-state index in [9.17, 15) is 9.36 Å². The third-order valence-electron chi connectivity index (χ3n) is 2.86. The molecule has 1 aromatic rings. The lowest BCUT2D eigenvalue weighted by molar-refractivity contribution is -0.117. The summed E-state index contributed by atoms with van der Waals surface area (Å²) in [7, 11) is -2.37. The van der Waals surface area contributed by atoms with Gasteiger partial charge in [-0.2, -0.15) is 12.6 Å². The van der Waals surface area contributed by atoms with Gasteiger partial charge in [-0.1, -0.05) is 12.1 Å². The zero-order chi connectivity index (χ0) is 12.6. The van der Waals surface area contributed by atoms with Gasteiger partial charge >= 0.3 is 0 Å². The zero-order valence-corrected chi connectivity index (χ0v) is 11.7. The van der Waals surface area contributed by atoms with E-state index in [0.717, 1.165) is 11.0 Å². The second-order valence-corrected chi connectivity index (χ2v) is 8.62. The lowest BCUT2D eigenvalue weighted by Crippen LogP contribution is -2.29. The van der Waals surface area contributed by atoms with Crippen LogP contribution in [-0.4, -0.2) is 31.0 Å². The third-order valence-corrected chi connectivity index (χ3v) is 4.74. The SMILES string of the molecule is CP(C)(=O)c1ccccc1N1CC(S)CC1=O. The molecule has 1 fully saturated rings. The Morgan fingerprint density at radius 1 is 1.35 bits per heavy atom. The number of carbonyl (C=O) groups excluding carboxylic acids is 1. The number of nitrogens with zero attached hydrogens (tertiary/aromatic N) is 1. The van der Waals surface area contributed by atoms with Crippen molar-refractivity contribution in [3.8, 4) is 0 Å². The van der Waals surface area contributed by atoms with Crippen LogP contribution in [0.25, 0.3) is 0 Å². The van der Waals surface area contributed by atoms with Crippen molar-refractivity contribution in [2.24, 2.45) is 0 Å². The van der Waals surface area contributed by atoms with Gasteiger partial charge in [-0.15, -0.1) is 0 Å². The number of hydrogen-bond acceptors (Lipinski definition) is 3. The summed E-state index contributed by atoms with van der Waals surface area (Å²) in [5.41, 5.74) is 0.780. The minimum absolute atomic E-state index is 0.0610. The molecule has 17 heavy (non-hydrogen) atoms. The summed E-state index contributed by atoms with van der Waals surface area (Å²) in [4.78, 5) is 13.6. The lowest BCUT2D eigenvalue weighted by atomic mass is 10.3. The highest BCUT2D eigenvalue weighted by Crippen LogP contribution is 2.39. The Hall–Kier alpha value is -0.730. The van der Waals surface area contributed by atoms with E-state index in [4.69, 9.17) is 0 Å². The molecule has 2 rings (SSSR count). The molecule has 0 aromatic heterocycles. The van der Waals surface area contributed by atoms with E-state index in [1.54, 1.807) is 18.2 Å². The highest BCUT2D eigenvalue weighted by atomic mass is 32.1. The molecule has 0 radical (unpaired) electrons. The molecule has 92 valence electrons. The van der Waals surface area contributed by atoms with E-state index in [-0.39, 0.29) is 11.2 Å². The maximum Gasteiger partial charge on any atom is 0.228 e. The third kappa shape index (κ3) is 2.58. The van der Waals surface area contributed by atoms with Crippen LogP contribution in [0.2, 0.25) is 0 Å². The zero-order valence-electron chi connectivity index (χ0n) is 9.96. The first-order valence-corrected chi connectivity index (χ1v) is 8.64. The summed E-state index contributed by atoms with van der Waals surface area (Å²) in [6.45, 7) is 4.05. The van der Waals surface area contributed by atoms with E-state index in [1.165, 1.54) is 0 Å². The van der Waals surface area contributed by atoms with Crippen molar-refractivity contribution in [1.29, 1.82) is 0 Å². The summed E-state index contributed by atoms with van der Waals surface area (Å²) >= 11 is 4.34. The van der Waals surface area contributed by atoms with Gasteiger partial charge in [-0.05, 0) is 25.5 Å². The molecule has 1 atom stereocenters. The first kappa shape index (κ1) is 12.7. The molecule has 1 saturated heterocycles. The fourth-order valence-electron chi connectivity index (χ4n) is 2.07. The molecule has 0 saturated carbocycles. The molecule has 0 bridgehead atoms. The number of rotatable bonds is 2. The summed E-state index contributed by atoms with van der Waals surface area (Å²) in [6.07, 6.45) is 0.454. The Morgan fingerprint density at radius 2 is 2.00 bits per heavy atom. The summed E-state index contributed by atoms with van der Waals surface area (Å²) in [5.74, 6) is 0.0610. The first-order chi connectivity index (χ1) is 7.89. The van der Waals surface area contributed by atoms with Crippen LogP contribution >= 0.6 is 19.8 Å². The molecule has 1 aromatic carbocycles. The maximum atomic E-state index is 12.2. The van der Waals surface area contributed by atoms with Crippen LogP contribution in [0.4, 0.5) is 5.69 Å². The van der Waals surface area contributed by atoms with Gasteiger partial charge in [-0.3, -0.25) is 4.79 Å². The van der Waals surface area contributed by atoms with Crippen molar-refractivity contribution in [2.75, 3.05) is 24.8 Å². The van der Waals surface area contributed by atoms with Crippen LogP contribution in [0.1, 0.15) is 6.42 Å². The molecule has 1 heterocycles. The average Bonchev–Trinajstić information content (AvgIpc) is 2.56. The van der Waals surface area contributed by atoms with Crippen molar-refractivity contribution in [3.05, 3.63) is 24.3 Å². The number of para-hydroxylation sites is 1. The lowest BCUT2D eigenvalue weighted by Gasteiger charge is -2.21. The predicted octanol–water partition coefficient (Wildman–Crippen LogP) is 1.97. The fraction of sp³-hybridized carbons (Fsp3) is 0.417. The molecular weight excluding hydrogens is 253 g/mol. The molecule has 1 aliphatic rings. The molecule has 0 aliphatic carbocycles. The topological polar surface area (TPSA) is 37.4 Å².